The molecule has 0 radical (unpaired) electrons. The van der Waals surface area contributed by atoms with Crippen LogP contribution in [-0.4, -0.2) is 31.6 Å². The molecule has 0 bridgehead atoms. The number of amides is 1. The second-order valence-electron chi connectivity index (χ2n) is 7.49. The number of hydrogen-bond acceptors (Lipinski definition) is 6. The summed E-state index contributed by atoms with van der Waals surface area (Å²) in [6, 6.07) is 21.2. The highest BCUT2D eigenvalue weighted by atomic mass is 127. The van der Waals surface area contributed by atoms with Crippen LogP contribution in [0.4, 0.5) is 0 Å². The van der Waals surface area contributed by atoms with Crippen molar-refractivity contribution in [2.45, 2.75) is 24.3 Å². The first-order valence-corrected chi connectivity index (χ1v) is 12.7. The highest BCUT2D eigenvalue weighted by Crippen LogP contribution is 2.27. The highest BCUT2D eigenvalue weighted by Gasteiger charge is 2.30. The van der Waals surface area contributed by atoms with Gasteiger partial charge in [0.25, 0.3) is 10.0 Å². The highest BCUT2D eigenvalue weighted by molar-refractivity contribution is 14.1. The maximum Gasteiger partial charge on any atom is 0.339 e. The molecule has 34 heavy (non-hydrogen) atoms. The molecule has 1 unspecified atom stereocenters. The van der Waals surface area contributed by atoms with Crippen molar-refractivity contribution in [3.63, 3.8) is 0 Å². The van der Waals surface area contributed by atoms with E-state index < -0.39 is 34.4 Å². The first-order valence-electron chi connectivity index (χ1n) is 10.2. The SMILES string of the molecule is Cc1ccc(S(=O)(=O)N(C)C(=O)CC(OC(=O)c2ccccc2I)c2ccc(C#N)cc2)cc1. The Balaban J connectivity index is 1.88. The van der Waals surface area contributed by atoms with Gasteiger partial charge in [0.1, 0.15) is 6.10 Å². The fourth-order valence-electron chi connectivity index (χ4n) is 3.11. The lowest BCUT2D eigenvalue weighted by Gasteiger charge is -2.22. The van der Waals surface area contributed by atoms with Crippen molar-refractivity contribution in [1.82, 2.24) is 4.31 Å². The number of carbonyl (C=O) groups is 2. The van der Waals surface area contributed by atoms with E-state index in [1.807, 2.05) is 35.6 Å². The Morgan fingerprint density at radius 1 is 1.03 bits per heavy atom. The van der Waals surface area contributed by atoms with E-state index in [4.69, 9.17) is 10.00 Å². The minimum absolute atomic E-state index is 0.0142. The van der Waals surface area contributed by atoms with Crippen molar-refractivity contribution in [3.8, 4) is 6.07 Å². The fourth-order valence-corrected chi connectivity index (χ4v) is 4.86. The van der Waals surface area contributed by atoms with Gasteiger partial charge in [0.15, 0.2) is 0 Å². The van der Waals surface area contributed by atoms with Crippen LogP contribution < -0.4 is 0 Å². The summed E-state index contributed by atoms with van der Waals surface area (Å²) in [5, 5.41) is 9.06. The molecule has 0 N–H and O–H groups in total. The van der Waals surface area contributed by atoms with Crippen molar-refractivity contribution in [1.29, 1.82) is 5.26 Å². The third-order valence-electron chi connectivity index (χ3n) is 5.15. The van der Waals surface area contributed by atoms with E-state index in [1.54, 1.807) is 60.7 Å². The Morgan fingerprint density at radius 3 is 2.24 bits per heavy atom. The van der Waals surface area contributed by atoms with E-state index in [9.17, 15) is 18.0 Å². The van der Waals surface area contributed by atoms with E-state index in [0.717, 1.165) is 5.56 Å². The zero-order chi connectivity index (χ0) is 24.9. The van der Waals surface area contributed by atoms with Crippen LogP contribution >= 0.6 is 22.6 Å². The van der Waals surface area contributed by atoms with Crippen LogP contribution in [0, 0.1) is 21.8 Å². The zero-order valence-electron chi connectivity index (χ0n) is 18.4. The minimum atomic E-state index is -4.08. The van der Waals surface area contributed by atoms with E-state index >= 15 is 0 Å². The quantitative estimate of drug-likeness (QED) is 0.295. The van der Waals surface area contributed by atoms with Crippen LogP contribution in [-0.2, 0) is 19.6 Å². The van der Waals surface area contributed by atoms with Crippen LogP contribution in [0.25, 0.3) is 0 Å². The van der Waals surface area contributed by atoms with Gasteiger partial charge in [-0.2, -0.15) is 5.26 Å². The maximum absolute atomic E-state index is 13.0. The molecule has 3 aromatic rings. The molecule has 0 aliphatic heterocycles. The standard InChI is InChI=1S/C25H21IN2O5S/c1-17-7-13-20(14-8-17)34(31,32)28(2)24(29)15-23(19-11-9-18(16-27)10-12-19)33-25(30)21-5-3-4-6-22(21)26/h3-14,23H,15H2,1-2H3. The van der Waals surface area contributed by atoms with Crippen molar-refractivity contribution < 1.29 is 22.7 Å². The fraction of sp³-hybridized carbons (Fsp3) is 0.160. The first-order chi connectivity index (χ1) is 16.1. The molecule has 9 heteroatoms. The molecule has 1 amide bonds. The Labute approximate surface area is 212 Å². The number of benzene rings is 3. The van der Waals surface area contributed by atoms with Crippen molar-refractivity contribution in [3.05, 3.63) is 98.6 Å². The van der Waals surface area contributed by atoms with E-state index in [1.165, 1.54) is 19.2 Å². The van der Waals surface area contributed by atoms with Gasteiger partial charge in [-0.3, -0.25) is 4.79 Å². The monoisotopic (exact) mass is 588 g/mol. The second-order valence-corrected chi connectivity index (χ2v) is 10.6. The molecule has 174 valence electrons. The molecular formula is C25H21IN2O5S. The summed E-state index contributed by atoms with van der Waals surface area (Å²) >= 11 is 2.01. The lowest BCUT2D eigenvalue weighted by molar-refractivity contribution is -0.127. The molecule has 0 spiro atoms. The van der Waals surface area contributed by atoms with Gasteiger partial charge >= 0.3 is 5.97 Å². The van der Waals surface area contributed by atoms with E-state index in [2.05, 4.69) is 0 Å². The van der Waals surface area contributed by atoms with Gasteiger partial charge in [-0.25, -0.2) is 17.5 Å². The van der Waals surface area contributed by atoms with Crippen LogP contribution in [0.5, 0.6) is 0 Å². The van der Waals surface area contributed by atoms with Gasteiger partial charge < -0.3 is 4.74 Å². The third-order valence-corrected chi connectivity index (χ3v) is 7.88. The summed E-state index contributed by atoms with van der Waals surface area (Å²) in [4.78, 5) is 25.9. The number of nitrogens with zero attached hydrogens (tertiary/aromatic N) is 2. The summed E-state index contributed by atoms with van der Waals surface area (Å²) in [5.74, 6) is -1.39. The lowest BCUT2D eigenvalue weighted by atomic mass is 10.0. The van der Waals surface area contributed by atoms with E-state index in [0.29, 0.717) is 24.6 Å². The maximum atomic E-state index is 13.0. The third kappa shape index (κ3) is 5.81. The van der Waals surface area contributed by atoms with Crippen molar-refractivity contribution in [2.24, 2.45) is 0 Å². The Morgan fingerprint density at radius 2 is 1.65 bits per heavy atom. The number of aryl methyl sites for hydroxylation is 1. The van der Waals surface area contributed by atoms with Crippen LogP contribution in [0.2, 0.25) is 0 Å². The normalized spacial score (nSPS) is 11.8. The van der Waals surface area contributed by atoms with Crippen LogP contribution in [0.3, 0.4) is 0 Å². The van der Waals surface area contributed by atoms with Gasteiger partial charge in [-0.05, 0) is 71.5 Å². The summed E-state index contributed by atoms with van der Waals surface area (Å²) in [5.41, 5.74) is 2.08. The smallest absolute Gasteiger partial charge is 0.339 e. The molecule has 3 aromatic carbocycles. The van der Waals surface area contributed by atoms with E-state index in [-0.39, 0.29) is 4.90 Å². The van der Waals surface area contributed by atoms with Gasteiger partial charge in [0.2, 0.25) is 5.91 Å². The molecule has 3 rings (SSSR count). The van der Waals surface area contributed by atoms with Crippen molar-refractivity contribution in [2.75, 3.05) is 7.05 Å². The molecule has 1 atom stereocenters. The summed E-state index contributed by atoms with van der Waals surface area (Å²) < 4.78 is 32.9. The number of halogens is 1. The lowest BCUT2D eigenvalue weighted by Crippen LogP contribution is -2.34. The number of rotatable bonds is 7. The van der Waals surface area contributed by atoms with Gasteiger partial charge in [0, 0.05) is 10.6 Å². The number of nitriles is 1. The average molecular weight is 588 g/mol. The molecule has 7 nitrogen and oxygen atoms in total. The number of esters is 1. The second kappa shape index (κ2) is 10.8. The molecule has 0 saturated heterocycles. The average Bonchev–Trinajstić information content (AvgIpc) is 2.83. The minimum Gasteiger partial charge on any atom is -0.453 e. The summed E-state index contributed by atoms with van der Waals surface area (Å²) in [6.07, 6.45) is -1.46. The molecular weight excluding hydrogens is 567 g/mol. The summed E-state index contributed by atoms with van der Waals surface area (Å²) in [6.45, 7) is 1.83. The van der Waals surface area contributed by atoms with Crippen LogP contribution in [0.1, 0.15) is 39.6 Å². The Bertz CT molecular complexity index is 1350. The zero-order valence-corrected chi connectivity index (χ0v) is 21.4. The first kappa shape index (κ1) is 25.4. The predicted molar refractivity (Wildman–Crippen MR) is 134 cm³/mol. The van der Waals surface area contributed by atoms with Crippen LogP contribution in [0.15, 0.2) is 77.7 Å². The molecule has 0 fully saturated rings. The van der Waals surface area contributed by atoms with Gasteiger partial charge in [-0.1, -0.05) is 42.0 Å². The Kier molecular flexibility index (Phi) is 8.06. The molecule has 0 aromatic heterocycles. The predicted octanol–water partition coefficient (Wildman–Crippen LogP) is 4.61. The Hall–Kier alpha value is -3.23. The number of sulfonamides is 1. The summed E-state index contributed by atoms with van der Waals surface area (Å²) in [7, 11) is -2.91. The topological polar surface area (TPSA) is 105 Å². The number of hydrogen-bond donors (Lipinski definition) is 0. The number of ether oxygens (including phenoxy) is 1. The largest absolute Gasteiger partial charge is 0.453 e. The molecule has 0 aliphatic rings. The molecule has 0 heterocycles. The van der Waals surface area contributed by atoms with Gasteiger partial charge in [-0.15, -0.1) is 0 Å². The van der Waals surface area contributed by atoms with Crippen molar-refractivity contribution >= 4 is 44.5 Å². The van der Waals surface area contributed by atoms with Gasteiger partial charge in [0.05, 0.1) is 28.5 Å². The molecule has 0 saturated carbocycles. The number of carbonyl (C=O) groups excluding carboxylic acids is 2. The molecule has 0 aliphatic carbocycles.